The fraction of sp³-hybridized carbons (Fsp3) is 0.100. The fourth-order valence-corrected chi connectivity index (χ4v) is 1.53. The molecule has 0 spiro atoms. The summed E-state index contributed by atoms with van der Waals surface area (Å²) in [6, 6.07) is 5.54. The summed E-state index contributed by atoms with van der Waals surface area (Å²) >= 11 is 1.30. The third-order valence-electron chi connectivity index (χ3n) is 1.99. The summed E-state index contributed by atoms with van der Waals surface area (Å²) in [4.78, 5) is 14.2. The van der Waals surface area contributed by atoms with E-state index in [-0.39, 0.29) is 17.1 Å². The molecule has 0 aliphatic carbocycles. The highest BCUT2D eigenvalue weighted by atomic mass is 32.2. The largest absolute Gasteiger partial charge is 0.298 e. The van der Waals surface area contributed by atoms with Gasteiger partial charge in [-0.15, -0.1) is 10.2 Å². The molecule has 0 radical (unpaired) electrons. The number of aromatic nitrogens is 3. The molecule has 16 heavy (non-hydrogen) atoms. The highest BCUT2D eigenvalue weighted by molar-refractivity contribution is 7.98. The predicted octanol–water partition coefficient (Wildman–Crippen LogP) is 1.69. The van der Waals surface area contributed by atoms with Crippen LogP contribution in [0.2, 0.25) is 0 Å². The molecule has 0 bridgehead atoms. The van der Waals surface area contributed by atoms with E-state index in [1.165, 1.54) is 36.0 Å². The number of nitrogens with one attached hydrogen (secondary N) is 1. The number of thioether (sulfide) groups is 1. The van der Waals surface area contributed by atoms with E-state index in [1.54, 1.807) is 6.26 Å². The molecule has 0 unspecified atom stereocenters. The van der Waals surface area contributed by atoms with Crippen molar-refractivity contribution in [3.05, 3.63) is 40.4 Å². The molecule has 0 aliphatic heterocycles. The lowest BCUT2D eigenvalue weighted by Crippen LogP contribution is -2.13. The molecular weight excluding hydrogens is 229 g/mol. The van der Waals surface area contributed by atoms with Crippen LogP contribution in [-0.4, -0.2) is 21.4 Å². The monoisotopic (exact) mass is 237 g/mol. The van der Waals surface area contributed by atoms with E-state index in [0.717, 1.165) is 0 Å². The fourth-order valence-electron chi connectivity index (χ4n) is 1.21. The molecule has 1 heterocycles. The molecule has 0 atom stereocenters. The first-order valence-corrected chi connectivity index (χ1v) is 5.70. The van der Waals surface area contributed by atoms with Gasteiger partial charge in [0.15, 0.2) is 10.9 Å². The number of H-pyrrole nitrogens is 1. The molecule has 0 amide bonds. The second-order valence-electron chi connectivity index (χ2n) is 3.02. The molecule has 1 N–H and O–H groups in total. The second-order valence-corrected chi connectivity index (χ2v) is 3.81. The molecule has 2 rings (SSSR count). The SMILES string of the molecule is CSc1nnc(-c2ccc(F)cc2)c(=O)[nH]1. The zero-order chi connectivity index (χ0) is 11.5. The van der Waals surface area contributed by atoms with Crippen molar-refractivity contribution in [3.8, 4) is 11.3 Å². The predicted molar refractivity (Wildman–Crippen MR) is 59.8 cm³/mol. The van der Waals surface area contributed by atoms with Crippen molar-refractivity contribution in [2.75, 3.05) is 6.26 Å². The van der Waals surface area contributed by atoms with Gasteiger partial charge >= 0.3 is 0 Å². The van der Waals surface area contributed by atoms with Gasteiger partial charge in [0.05, 0.1) is 0 Å². The first-order valence-electron chi connectivity index (χ1n) is 4.47. The Morgan fingerprint density at radius 3 is 2.50 bits per heavy atom. The van der Waals surface area contributed by atoms with E-state index < -0.39 is 0 Å². The molecule has 4 nitrogen and oxygen atoms in total. The Bertz CT molecular complexity index is 553. The Morgan fingerprint density at radius 2 is 1.94 bits per heavy atom. The van der Waals surface area contributed by atoms with Gasteiger partial charge in [0.2, 0.25) is 0 Å². The summed E-state index contributed by atoms with van der Waals surface area (Å²) in [6.07, 6.45) is 1.79. The average Bonchev–Trinajstić information content (AvgIpc) is 2.30. The zero-order valence-corrected chi connectivity index (χ0v) is 9.21. The van der Waals surface area contributed by atoms with E-state index in [2.05, 4.69) is 15.2 Å². The zero-order valence-electron chi connectivity index (χ0n) is 8.40. The highest BCUT2D eigenvalue weighted by Crippen LogP contribution is 2.13. The summed E-state index contributed by atoms with van der Waals surface area (Å²) in [5.41, 5.74) is 0.409. The molecule has 1 aromatic carbocycles. The number of hydrogen-bond acceptors (Lipinski definition) is 4. The van der Waals surface area contributed by atoms with Gasteiger partial charge in [-0.3, -0.25) is 9.78 Å². The van der Waals surface area contributed by atoms with Crippen LogP contribution in [0.5, 0.6) is 0 Å². The number of halogens is 1. The number of nitrogens with zero attached hydrogens (tertiary/aromatic N) is 2. The Labute approximate surface area is 94.9 Å². The van der Waals surface area contributed by atoms with Crippen molar-refractivity contribution in [1.82, 2.24) is 15.2 Å². The molecule has 0 aliphatic rings. The third-order valence-corrected chi connectivity index (χ3v) is 2.56. The van der Waals surface area contributed by atoms with Crippen LogP contribution in [0.1, 0.15) is 0 Å². The van der Waals surface area contributed by atoms with Gasteiger partial charge in [-0.25, -0.2) is 4.39 Å². The highest BCUT2D eigenvalue weighted by Gasteiger charge is 2.06. The minimum atomic E-state index is -0.353. The molecule has 0 saturated heterocycles. The maximum atomic E-state index is 12.7. The van der Waals surface area contributed by atoms with Gasteiger partial charge in [0.1, 0.15) is 5.82 Å². The second kappa shape index (κ2) is 4.44. The van der Waals surface area contributed by atoms with Crippen LogP contribution in [0, 0.1) is 5.82 Å². The average molecular weight is 237 g/mol. The summed E-state index contributed by atoms with van der Waals surface area (Å²) in [6.45, 7) is 0. The van der Waals surface area contributed by atoms with Crippen molar-refractivity contribution in [1.29, 1.82) is 0 Å². The van der Waals surface area contributed by atoms with Crippen LogP contribution >= 0.6 is 11.8 Å². The number of benzene rings is 1. The molecule has 2 aromatic rings. The van der Waals surface area contributed by atoms with Crippen LogP contribution in [0.3, 0.4) is 0 Å². The molecule has 0 saturated carbocycles. The number of hydrogen-bond donors (Lipinski definition) is 1. The molecule has 1 aromatic heterocycles. The van der Waals surface area contributed by atoms with Crippen molar-refractivity contribution in [3.63, 3.8) is 0 Å². The van der Waals surface area contributed by atoms with E-state index in [1.807, 2.05) is 0 Å². The van der Waals surface area contributed by atoms with Crippen molar-refractivity contribution >= 4 is 11.8 Å². The smallest absolute Gasteiger partial charge is 0.278 e. The van der Waals surface area contributed by atoms with Gasteiger partial charge in [0, 0.05) is 5.56 Å². The van der Waals surface area contributed by atoms with E-state index in [0.29, 0.717) is 10.7 Å². The summed E-state index contributed by atoms with van der Waals surface area (Å²) in [5, 5.41) is 8.09. The quantitative estimate of drug-likeness (QED) is 0.807. The molecule has 82 valence electrons. The first kappa shape index (κ1) is 10.8. The lowest BCUT2D eigenvalue weighted by Gasteiger charge is -1.99. The minimum absolute atomic E-state index is 0.192. The van der Waals surface area contributed by atoms with Gasteiger partial charge in [-0.2, -0.15) is 0 Å². The first-order chi connectivity index (χ1) is 7.70. The minimum Gasteiger partial charge on any atom is -0.298 e. The molecule has 6 heteroatoms. The topological polar surface area (TPSA) is 58.6 Å². The molecular formula is C10H8FN3OS. The van der Waals surface area contributed by atoms with Gasteiger partial charge < -0.3 is 0 Å². The van der Waals surface area contributed by atoms with E-state index in [4.69, 9.17) is 0 Å². The van der Waals surface area contributed by atoms with Crippen LogP contribution in [-0.2, 0) is 0 Å². The molecule has 0 fully saturated rings. The Kier molecular flexibility index (Phi) is 3.00. The lowest BCUT2D eigenvalue weighted by molar-refractivity contribution is 0.628. The van der Waals surface area contributed by atoms with Gasteiger partial charge in [-0.05, 0) is 30.5 Å². The normalized spacial score (nSPS) is 10.4. The third kappa shape index (κ3) is 2.11. The van der Waals surface area contributed by atoms with Crippen molar-refractivity contribution in [2.45, 2.75) is 5.16 Å². The van der Waals surface area contributed by atoms with Crippen molar-refractivity contribution < 1.29 is 4.39 Å². The number of rotatable bonds is 2. The van der Waals surface area contributed by atoms with Crippen LogP contribution in [0.25, 0.3) is 11.3 Å². The van der Waals surface area contributed by atoms with E-state index >= 15 is 0 Å². The Hall–Kier alpha value is -1.69. The summed E-state index contributed by atoms with van der Waals surface area (Å²) in [5.74, 6) is -0.353. The van der Waals surface area contributed by atoms with Crippen LogP contribution in [0.15, 0.2) is 34.2 Å². The summed E-state index contributed by atoms with van der Waals surface area (Å²) in [7, 11) is 0. The van der Waals surface area contributed by atoms with Crippen molar-refractivity contribution in [2.24, 2.45) is 0 Å². The maximum Gasteiger partial charge on any atom is 0.278 e. The van der Waals surface area contributed by atoms with E-state index in [9.17, 15) is 9.18 Å². The van der Waals surface area contributed by atoms with Crippen LogP contribution < -0.4 is 5.56 Å². The Balaban J connectivity index is 2.48. The Morgan fingerprint density at radius 1 is 1.25 bits per heavy atom. The lowest BCUT2D eigenvalue weighted by atomic mass is 10.2. The summed E-state index contributed by atoms with van der Waals surface area (Å²) < 4.78 is 12.7. The standard InChI is InChI=1S/C10H8FN3OS/c1-16-10-12-9(15)8(13-14-10)6-2-4-7(11)5-3-6/h2-5H,1H3,(H,12,14,15). The van der Waals surface area contributed by atoms with Gasteiger partial charge in [-0.1, -0.05) is 11.8 Å². The van der Waals surface area contributed by atoms with Crippen LogP contribution in [0.4, 0.5) is 4.39 Å². The number of aromatic amines is 1. The van der Waals surface area contributed by atoms with Gasteiger partial charge in [0.25, 0.3) is 5.56 Å². The maximum absolute atomic E-state index is 12.7.